The minimum absolute atomic E-state index is 0.00367. The van der Waals surface area contributed by atoms with Gasteiger partial charge < -0.3 is 0 Å². The van der Waals surface area contributed by atoms with Crippen molar-refractivity contribution in [3.8, 4) is 0 Å². The van der Waals surface area contributed by atoms with Crippen molar-refractivity contribution < 1.29 is 26.4 Å². The van der Waals surface area contributed by atoms with Gasteiger partial charge in [-0.3, -0.25) is 14.9 Å². The van der Waals surface area contributed by atoms with E-state index in [1.807, 2.05) is 5.32 Å². The number of sulfone groups is 1. The Hall–Kier alpha value is -1.00. The Morgan fingerprint density at radius 2 is 1.95 bits per heavy atom. The van der Waals surface area contributed by atoms with Crippen LogP contribution in [0.15, 0.2) is 0 Å². The summed E-state index contributed by atoms with van der Waals surface area (Å²) in [6, 6.07) is -1.01. The maximum atomic E-state index is 12.3. The zero-order valence-electron chi connectivity index (χ0n) is 10.2. The smallest absolute Gasteiger partial charge is 0.244 e. The Bertz CT molecular complexity index is 623. The molecular weight excluding hydrogens is 296 g/mol. The number of nitrogens with one attached hydrogen (secondary N) is 1. The minimum atomic E-state index is -3.98. The molecule has 2 saturated heterocycles. The van der Waals surface area contributed by atoms with E-state index in [0.29, 0.717) is 0 Å². The molecule has 2 unspecified atom stereocenters. The van der Waals surface area contributed by atoms with Crippen molar-refractivity contribution in [2.75, 3.05) is 18.1 Å². The predicted octanol–water partition coefficient (Wildman–Crippen LogP) is -2.15. The van der Waals surface area contributed by atoms with Gasteiger partial charge in [0, 0.05) is 0 Å². The van der Waals surface area contributed by atoms with Gasteiger partial charge in [0.25, 0.3) is 0 Å². The fourth-order valence-electron chi connectivity index (χ4n) is 2.19. The number of piperazine rings is 1. The Balaban J connectivity index is 2.29. The Labute approximate surface area is 111 Å². The van der Waals surface area contributed by atoms with Crippen LogP contribution in [0.5, 0.6) is 0 Å². The molecule has 8 nitrogen and oxygen atoms in total. The van der Waals surface area contributed by atoms with Crippen LogP contribution in [0.25, 0.3) is 0 Å². The van der Waals surface area contributed by atoms with Gasteiger partial charge in [0.1, 0.15) is 6.04 Å². The van der Waals surface area contributed by atoms with Crippen LogP contribution in [0.2, 0.25) is 0 Å². The van der Waals surface area contributed by atoms with E-state index in [9.17, 15) is 26.4 Å². The first kappa shape index (κ1) is 14.4. The fourth-order valence-corrected chi connectivity index (χ4v) is 6.82. The first-order chi connectivity index (χ1) is 8.63. The van der Waals surface area contributed by atoms with E-state index in [2.05, 4.69) is 0 Å². The Kier molecular flexibility index (Phi) is 3.43. The second-order valence-electron chi connectivity index (χ2n) is 4.70. The molecule has 0 spiro atoms. The van der Waals surface area contributed by atoms with E-state index in [-0.39, 0.29) is 12.2 Å². The van der Waals surface area contributed by atoms with Crippen molar-refractivity contribution >= 4 is 31.7 Å². The van der Waals surface area contributed by atoms with E-state index in [0.717, 1.165) is 4.31 Å². The topological polar surface area (TPSA) is 118 Å². The maximum Gasteiger partial charge on any atom is 0.244 e. The molecule has 2 amide bonds. The summed E-state index contributed by atoms with van der Waals surface area (Å²) in [5.74, 6) is -2.03. The summed E-state index contributed by atoms with van der Waals surface area (Å²) in [5.41, 5.74) is 0. The van der Waals surface area contributed by atoms with Crippen molar-refractivity contribution in [1.82, 2.24) is 9.62 Å². The van der Waals surface area contributed by atoms with Gasteiger partial charge >= 0.3 is 0 Å². The zero-order chi connectivity index (χ0) is 14.4. The molecule has 0 aromatic heterocycles. The van der Waals surface area contributed by atoms with Crippen molar-refractivity contribution in [3.63, 3.8) is 0 Å². The maximum absolute atomic E-state index is 12.3. The van der Waals surface area contributed by atoms with Crippen molar-refractivity contribution in [2.45, 2.75) is 24.6 Å². The van der Waals surface area contributed by atoms with Crippen LogP contribution in [0.4, 0.5) is 0 Å². The van der Waals surface area contributed by atoms with Gasteiger partial charge in [-0.15, -0.1) is 0 Å². The zero-order valence-corrected chi connectivity index (χ0v) is 11.8. The van der Waals surface area contributed by atoms with Crippen LogP contribution in [0, 0.1) is 0 Å². The van der Waals surface area contributed by atoms with Gasteiger partial charge in [-0.2, -0.15) is 4.31 Å². The second kappa shape index (κ2) is 4.53. The third kappa shape index (κ3) is 2.65. The van der Waals surface area contributed by atoms with E-state index < -0.39 is 55.3 Å². The molecule has 0 bridgehead atoms. The molecule has 0 aromatic rings. The predicted molar refractivity (Wildman–Crippen MR) is 65.3 cm³/mol. The molecule has 0 saturated carbocycles. The number of amides is 2. The molecule has 2 heterocycles. The summed E-state index contributed by atoms with van der Waals surface area (Å²) >= 11 is 0. The molecule has 1 N–H and O–H groups in total. The summed E-state index contributed by atoms with van der Waals surface area (Å²) in [4.78, 5) is 22.7. The normalized spacial score (nSPS) is 32.3. The lowest BCUT2D eigenvalue weighted by atomic mass is 10.2. The highest BCUT2D eigenvalue weighted by Gasteiger charge is 2.45. The van der Waals surface area contributed by atoms with Gasteiger partial charge in [0.2, 0.25) is 21.8 Å². The number of hydrogen-bond acceptors (Lipinski definition) is 6. The van der Waals surface area contributed by atoms with Crippen LogP contribution >= 0.6 is 0 Å². The number of imide groups is 1. The Morgan fingerprint density at radius 3 is 2.47 bits per heavy atom. The number of nitrogens with zero attached hydrogens (tertiary/aromatic N) is 1. The number of sulfonamides is 1. The molecule has 2 rings (SSSR count). The Morgan fingerprint density at radius 1 is 1.32 bits per heavy atom. The van der Waals surface area contributed by atoms with Crippen LogP contribution in [-0.4, -0.2) is 62.3 Å². The monoisotopic (exact) mass is 310 g/mol. The highest BCUT2D eigenvalue weighted by molar-refractivity contribution is 7.95. The lowest BCUT2D eigenvalue weighted by molar-refractivity contribution is -0.136. The quantitative estimate of drug-likeness (QED) is 0.581. The van der Waals surface area contributed by atoms with Crippen molar-refractivity contribution in [1.29, 1.82) is 0 Å². The van der Waals surface area contributed by atoms with Crippen LogP contribution in [-0.2, 0) is 29.4 Å². The lowest BCUT2D eigenvalue weighted by Crippen LogP contribution is -2.60. The minimum Gasteiger partial charge on any atom is -0.294 e. The standard InChI is InChI=1S/C9H14N2O6S2/c1-6-9(13)10-8(12)4-11(6)19(16,17)7-2-3-18(14,15)5-7/h6-7H,2-5H2,1H3,(H,10,12,13). The second-order valence-corrected chi connectivity index (χ2v) is 9.10. The van der Waals surface area contributed by atoms with Gasteiger partial charge in [-0.25, -0.2) is 16.8 Å². The number of rotatable bonds is 2. The average Bonchev–Trinajstić information content (AvgIpc) is 2.64. The molecule has 19 heavy (non-hydrogen) atoms. The highest BCUT2D eigenvalue weighted by atomic mass is 32.2. The first-order valence-corrected chi connectivity index (χ1v) is 9.01. The summed E-state index contributed by atoms with van der Waals surface area (Å²) in [6.07, 6.45) is 0.00367. The third-order valence-corrected chi connectivity index (χ3v) is 7.64. The summed E-state index contributed by atoms with van der Waals surface area (Å²) < 4.78 is 48.1. The molecule has 108 valence electrons. The number of hydrogen-bond donors (Lipinski definition) is 1. The highest BCUT2D eigenvalue weighted by Crippen LogP contribution is 2.24. The molecule has 0 aromatic carbocycles. The molecule has 2 aliphatic rings. The van der Waals surface area contributed by atoms with Crippen LogP contribution in [0.3, 0.4) is 0 Å². The van der Waals surface area contributed by atoms with Crippen LogP contribution < -0.4 is 5.32 Å². The molecule has 10 heteroatoms. The molecular formula is C9H14N2O6S2. The molecule has 0 aliphatic carbocycles. The SMILES string of the molecule is CC1C(=O)NC(=O)CN1S(=O)(=O)C1CCS(=O)(=O)C1. The van der Waals surface area contributed by atoms with Crippen LogP contribution in [0.1, 0.15) is 13.3 Å². The van der Waals surface area contributed by atoms with Gasteiger partial charge in [0.15, 0.2) is 9.84 Å². The summed E-state index contributed by atoms with van der Waals surface area (Å²) in [5, 5.41) is 0.965. The lowest BCUT2D eigenvalue weighted by Gasteiger charge is -2.32. The summed E-state index contributed by atoms with van der Waals surface area (Å²) in [7, 11) is -7.33. The van der Waals surface area contributed by atoms with E-state index in [1.54, 1.807) is 0 Å². The van der Waals surface area contributed by atoms with E-state index in [4.69, 9.17) is 0 Å². The molecule has 0 radical (unpaired) electrons. The molecule has 2 fully saturated rings. The average molecular weight is 310 g/mol. The number of carbonyl (C=O) groups excluding carboxylic acids is 2. The van der Waals surface area contributed by atoms with E-state index >= 15 is 0 Å². The van der Waals surface area contributed by atoms with E-state index in [1.165, 1.54) is 6.92 Å². The summed E-state index contributed by atoms with van der Waals surface area (Å²) in [6.45, 7) is 0.911. The van der Waals surface area contributed by atoms with Gasteiger partial charge in [-0.1, -0.05) is 0 Å². The number of carbonyl (C=O) groups is 2. The van der Waals surface area contributed by atoms with Crippen molar-refractivity contribution in [3.05, 3.63) is 0 Å². The van der Waals surface area contributed by atoms with Crippen molar-refractivity contribution in [2.24, 2.45) is 0 Å². The fraction of sp³-hybridized carbons (Fsp3) is 0.778. The molecule has 2 atom stereocenters. The van der Waals surface area contributed by atoms with Gasteiger partial charge in [0.05, 0.1) is 23.3 Å². The third-order valence-electron chi connectivity index (χ3n) is 3.31. The molecule has 2 aliphatic heterocycles. The largest absolute Gasteiger partial charge is 0.294 e. The van der Waals surface area contributed by atoms with Gasteiger partial charge in [-0.05, 0) is 13.3 Å². The first-order valence-electron chi connectivity index (χ1n) is 5.68.